The summed E-state index contributed by atoms with van der Waals surface area (Å²) >= 11 is 6.02. The molecule has 0 atom stereocenters. The van der Waals surface area contributed by atoms with Crippen LogP contribution in [-0.4, -0.2) is 11.5 Å². The maximum Gasteiger partial charge on any atom is 0.0634 e. The van der Waals surface area contributed by atoms with Crippen LogP contribution in [0.1, 0.15) is 31.2 Å². The number of nitrogens with one attached hydrogen (secondary N) is 1. The summed E-state index contributed by atoms with van der Waals surface area (Å²) in [5, 5.41) is 4.23. The standard InChI is InChI=1S/C12H17ClN2/c13-12-9-14-6-5-11(12)8-15-7-10-3-1-2-4-10/h5-6,9-10,15H,1-4,7-8H2. The number of pyridine rings is 1. The molecule has 1 fully saturated rings. The summed E-state index contributed by atoms with van der Waals surface area (Å²) in [5.41, 5.74) is 1.14. The monoisotopic (exact) mass is 224 g/mol. The minimum atomic E-state index is 0.761. The summed E-state index contributed by atoms with van der Waals surface area (Å²) in [4.78, 5) is 3.97. The molecule has 1 N–H and O–H groups in total. The van der Waals surface area contributed by atoms with Gasteiger partial charge in [0.15, 0.2) is 0 Å². The largest absolute Gasteiger partial charge is 0.312 e. The summed E-state index contributed by atoms with van der Waals surface area (Å²) in [6, 6.07) is 1.98. The number of aromatic nitrogens is 1. The van der Waals surface area contributed by atoms with E-state index >= 15 is 0 Å². The van der Waals surface area contributed by atoms with Crippen LogP contribution in [0.5, 0.6) is 0 Å². The van der Waals surface area contributed by atoms with E-state index < -0.39 is 0 Å². The van der Waals surface area contributed by atoms with Crippen molar-refractivity contribution in [3.63, 3.8) is 0 Å². The first-order valence-corrected chi connectivity index (χ1v) is 6.03. The fourth-order valence-corrected chi connectivity index (χ4v) is 2.36. The van der Waals surface area contributed by atoms with Crippen LogP contribution in [0, 0.1) is 5.92 Å². The van der Waals surface area contributed by atoms with Gasteiger partial charge in [-0.1, -0.05) is 24.4 Å². The van der Waals surface area contributed by atoms with Crippen molar-refractivity contribution in [2.75, 3.05) is 6.54 Å². The van der Waals surface area contributed by atoms with Gasteiger partial charge in [-0.3, -0.25) is 4.98 Å². The summed E-state index contributed by atoms with van der Waals surface area (Å²) in [7, 11) is 0. The molecule has 82 valence electrons. The highest BCUT2D eigenvalue weighted by molar-refractivity contribution is 6.31. The highest BCUT2D eigenvalue weighted by Gasteiger charge is 2.14. The van der Waals surface area contributed by atoms with E-state index in [0.29, 0.717) is 0 Å². The second-order valence-corrected chi connectivity index (χ2v) is 4.66. The van der Waals surface area contributed by atoms with Gasteiger partial charge >= 0.3 is 0 Å². The Morgan fingerprint density at radius 1 is 1.40 bits per heavy atom. The molecule has 0 aliphatic heterocycles. The van der Waals surface area contributed by atoms with E-state index in [1.807, 2.05) is 6.07 Å². The Morgan fingerprint density at radius 2 is 2.20 bits per heavy atom. The normalized spacial score (nSPS) is 17.1. The zero-order valence-electron chi connectivity index (χ0n) is 8.88. The lowest BCUT2D eigenvalue weighted by molar-refractivity contribution is 0.489. The summed E-state index contributed by atoms with van der Waals surface area (Å²) < 4.78 is 0. The molecule has 0 spiro atoms. The van der Waals surface area contributed by atoms with Gasteiger partial charge in [0.2, 0.25) is 0 Å². The molecule has 1 heterocycles. The third-order valence-electron chi connectivity index (χ3n) is 3.08. The molecule has 0 aromatic carbocycles. The molecule has 2 rings (SSSR count). The first-order chi connectivity index (χ1) is 7.36. The van der Waals surface area contributed by atoms with E-state index in [4.69, 9.17) is 11.6 Å². The van der Waals surface area contributed by atoms with Gasteiger partial charge in [0.1, 0.15) is 0 Å². The van der Waals surface area contributed by atoms with Gasteiger partial charge in [0.05, 0.1) is 5.02 Å². The molecule has 0 radical (unpaired) electrons. The van der Waals surface area contributed by atoms with Crippen molar-refractivity contribution in [1.82, 2.24) is 10.3 Å². The Balaban J connectivity index is 1.75. The molecule has 1 aliphatic rings. The highest BCUT2D eigenvalue weighted by Crippen LogP contribution is 2.23. The molecule has 3 heteroatoms. The Labute approximate surface area is 96.1 Å². The van der Waals surface area contributed by atoms with E-state index in [1.165, 1.54) is 25.7 Å². The van der Waals surface area contributed by atoms with E-state index in [9.17, 15) is 0 Å². The zero-order valence-corrected chi connectivity index (χ0v) is 9.63. The Hall–Kier alpha value is -0.600. The van der Waals surface area contributed by atoms with Crippen LogP contribution in [0.4, 0.5) is 0 Å². The molecule has 1 saturated carbocycles. The number of hydrogen-bond donors (Lipinski definition) is 1. The molecular formula is C12H17ClN2. The van der Waals surface area contributed by atoms with Crippen molar-refractivity contribution in [3.8, 4) is 0 Å². The van der Waals surface area contributed by atoms with Crippen molar-refractivity contribution in [1.29, 1.82) is 0 Å². The van der Waals surface area contributed by atoms with Crippen LogP contribution in [0.2, 0.25) is 5.02 Å². The van der Waals surface area contributed by atoms with Crippen LogP contribution >= 0.6 is 11.6 Å². The van der Waals surface area contributed by atoms with E-state index in [-0.39, 0.29) is 0 Å². The molecule has 2 nitrogen and oxygen atoms in total. The second-order valence-electron chi connectivity index (χ2n) is 4.25. The average Bonchev–Trinajstić information content (AvgIpc) is 2.74. The van der Waals surface area contributed by atoms with Crippen molar-refractivity contribution in [2.45, 2.75) is 32.2 Å². The lowest BCUT2D eigenvalue weighted by Crippen LogP contribution is -2.20. The van der Waals surface area contributed by atoms with Crippen LogP contribution in [0.3, 0.4) is 0 Å². The van der Waals surface area contributed by atoms with E-state index in [0.717, 1.165) is 29.6 Å². The minimum absolute atomic E-state index is 0.761. The summed E-state index contributed by atoms with van der Waals surface area (Å²) in [5.74, 6) is 0.880. The maximum atomic E-state index is 6.02. The molecule has 15 heavy (non-hydrogen) atoms. The summed E-state index contributed by atoms with van der Waals surface area (Å²) in [6.45, 7) is 1.98. The quantitative estimate of drug-likeness (QED) is 0.851. The van der Waals surface area contributed by atoms with Gasteiger partial charge in [-0.2, -0.15) is 0 Å². The highest BCUT2D eigenvalue weighted by atomic mass is 35.5. The first-order valence-electron chi connectivity index (χ1n) is 5.65. The van der Waals surface area contributed by atoms with Gasteiger partial charge in [-0.15, -0.1) is 0 Å². The fourth-order valence-electron chi connectivity index (χ4n) is 2.17. The zero-order chi connectivity index (χ0) is 10.5. The molecule has 1 aromatic heterocycles. The van der Waals surface area contributed by atoms with Crippen LogP contribution in [0.25, 0.3) is 0 Å². The van der Waals surface area contributed by atoms with Gasteiger partial charge in [-0.05, 0) is 36.9 Å². The predicted molar refractivity (Wildman–Crippen MR) is 62.9 cm³/mol. The van der Waals surface area contributed by atoms with E-state index in [1.54, 1.807) is 12.4 Å². The Bertz CT molecular complexity index is 308. The number of hydrogen-bond acceptors (Lipinski definition) is 2. The molecule has 0 bridgehead atoms. The molecule has 0 unspecified atom stereocenters. The number of nitrogens with zero attached hydrogens (tertiary/aromatic N) is 1. The third-order valence-corrected chi connectivity index (χ3v) is 3.42. The lowest BCUT2D eigenvalue weighted by Gasteiger charge is -2.10. The van der Waals surface area contributed by atoms with Crippen LogP contribution < -0.4 is 5.32 Å². The topological polar surface area (TPSA) is 24.9 Å². The Morgan fingerprint density at radius 3 is 2.93 bits per heavy atom. The van der Waals surface area contributed by atoms with Crippen LogP contribution in [0.15, 0.2) is 18.5 Å². The minimum Gasteiger partial charge on any atom is -0.312 e. The third kappa shape index (κ3) is 3.18. The van der Waals surface area contributed by atoms with Gasteiger partial charge in [0.25, 0.3) is 0 Å². The first kappa shape index (κ1) is 10.9. The second kappa shape index (κ2) is 5.47. The van der Waals surface area contributed by atoms with Crippen molar-refractivity contribution < 1.29 is 0 Å². The number of rotatable bonds is 4. The van der Waals surface area contributed by atoms with Crippen molar-refractivity contribution in [2.24, 2.45) is 5.92 Å². The SMILES string of the molecule is Clc1cnccc1CNCC1CCCC1. The smallest absolute Gasteiger partial charge is 0.0634 e. The predicted octanol–water partition coefficient (Wildman–Crippen LogP) is 3.01. The molecule has 0 amide bonds. The van der Waals surface area contributed by atoms with Crippen molar-refractivity contribution in [3.05, 3.63) is 29.0 Å². The van der Waals surface area contributed by atoms with Gasteiger partial charge < -0.3 is 5.32 Å². The molecular weight excluding hydrogens is 208 g/mol. The van der Waals surface area contributed by atoms with Crippen LogP contribution in [-0.2, 0) is 6.54 Å². The van der Waals surface area contributed by atoms with Gasteiger partial charge in [-0.25, -0.2) is 0 Å². The molecule has 1 aromatic rings. The van der Waals surface area contributed by atoms with E-state index in [2.05, 4.69) is 10.3 Å². The fraction of sp³-hybridized carbons (Fsp3) is 0.583. The molecule has 0 saturated heterocycles. The van der Waals surface area contributed by atoms with Gasteiger partial charge in [0, 0.05) is 18.9 Å². The number of halogens is 1. The Kier molecular flexibility index (Phi) is 3.98. The maximum absolute atomic E-state index is 6.02. The van der Waals surface area contributed by atoms with Crippen molar-refractivity contribution >= 4 is 11.6 Å². The average molecular weight is 225 g/mol. The molecule has 1 aliphatic carbocycles. The summed E-state index contributed by atoms with van der Waals surface area (Å²) in [6.07, 6.45) is 9.07. The lowest BCUT2D eigenvalue weighted by atomic mass is 10.1.